The predicted octanol–water partition coefficient (Wildman–Crippen LogP) is 0.703. The van der Waals surface area contributed by atoms with Crippen LogP contribution in [-0.4, -0.2) is 29.9 Å². The quantitative estimate of drug-likeness (QED) is 0.424. The topological polar surface area (TPSA) is 90.8 Å². The minimum atomic E-state index is -0.516. The first-order valence-corrected chi connectivity index (χ1v) is 4.84. The van der Waals surface area contributed by atoms with E-state index < -0.39 is 4.92 Å². The first kappa shape index (κ1) is 11.6. The minimum Gasteiger partial charge on any atom is -0.399 e. The van der Waals surface area contributed by atoms with Crippen molar-refractivity contribution in [2.75, 3.05) is 13.2 Å². The SMILES string of the molecule is CC(=NC1CCOCC1)C(=CN)[N+](=O)[O-]. The van der Waals surface area contributed by atoms with Gasteiger partial charge in [0.25, 0.3) is 0 Å². The summed E-state index contributed by atoms with van der Waals surface area (Å²) in [5.41, 5.74) is 5.43. The average molecular weight is 213 g/mol. The maximum Gasteiger partial charge on any atom is 0.305 e. The molecule has 1 saturated heterocycles. The molecule has 0 aromatic heterocycles. The number of nitrogens with two attached hydrogens (primary N) is 1. The third-order valence-corrected chi connectivity index (χ3v) is 2.29. The third-order valence-electron chi connectivity index (χ3n) is 2.29. The summed E-state index contributed by atoms with van der Waals surface area (Å²) >= 11 is 0. The number of nitro groups is 1. The van der Waals surface area contributed by atoms with Gasteiger partial charge in [-0.15, -0.1) is 0 Å². The Morgan fingerprint density at radius 2 is 2.20 bits per heavy atom. The highest BCUT2D eigenvalue weighted by molar-refractivity contribution is 5.95. The second-order valence-electron chi connectivity index (χ2n) is 3.37. The lowest BCUT2D eigenvalue weighted by Crippen LogP contribution is -2.21. The monoisotopic (exact) mass is 213 g/mol. The van der Waals surface area contributed by atoms with Crippen LogP contribution in [0.25, 0.3) is 0 Å². The fraction of sp³-hybridized carbons (Fsp3) is 0.667. The molecule has 1 heterocycles. The van der Waals surface area contributed by atoms with Crippen molar-refractivity contribution in [3.63, 3.8) is 0 Å². The zero-order valence-electron chi connectivity index (χ0n) is 8.68. The Bertz CT molecular complexity index is 293. The molecule has 0 radical (unpaired) electrons. The second kappa shape index (κ2) is 5.45. The van der Waals surface area contributed by atoms with Crippen LogP contribution in [0, 0.1) is 10.1 Å². The molecule has 6 heteroatoms. The molecule has 0 amide bonds. The largest absolute Gasteiger partial charge is 0.399 e. The van der Waals surface area contributed by atoms with Crippen LogP contribution in [0.5, 0.6) is 0 Å². The number of nitrogens with zero attached hydrogens (tertiary/aromatic N) is 2. The highest BCUT2D eigenvalue weighted by Crippen LogP contribution is 2.12. The van der Waals surface area contributed by atoms with E-state index in [9.17, 15) is 10.1 Å². The molecule has 0 aliphatic carbocycles. The van der Waals surface area contributed by atoms with E-state index in [-0.39, 0.29) is 11.7 Å². The summed E-state index contributed by atoms with van der Waals surface area (Å²) in [5.74, 6) is 0. The molecule has 1 aliphatic rings. The van der Waals surface area contributed by atoms with Gasteiger partial charge in [0.1, 0.15) is 5.71 Å². The van der Waals surface area contributed by atoms with Gasteiger partial charge in [-0.25, -0.2) is 0 Å². The fourth-order valence-corrected chi connectivity index (χ4v) is 1.47. The highest BCUT2D eigenvalue weighted by Gasteiger charge is 2.18. The molecule has 0 spiro atoms. The molecule has 1 fully saturated rings. The van der Waals surface area contributed by atoms with Gasteiger partial charge in [0, 0.05) is 13.2 Å². The highest BCUT2D eigenvalue weighted by atomic mass is 16.6. The average Bonchev–Trinajstić information content (AvgIpc) is 2.19. The minimum absolute atomic E-state index is 0.119. The Morgan fingerprint density at radius 1 is 1.60 bits per heavy atom. The lowest BCUT2D eigenvalue weighted by Gasteiger charge is -2.18. The van der Waals surface area contributed by atoms with Crippen LogP contribution in [-0.2, 0) is 4.74 Å². The molecular formula is C9H15N3O3. The molecule has 6 nitrogen and oxygen atoms in total. The van der Waals surface area contributed by atoms with Gasteiger partial charge in [-0.1, -0.05) is 0 Å². The summed E-state index contributed by atoms with van der Waals surface area (Å²) in [6.45, 7) is 2.94. The Balaban J connectivity index is 2.68. The molecular weight excluding hydrogens is 198 g/mol. The van der Waals surface area contributed by atoms with E-state index in [1.165, 1.54) is 0 Å². The maximum atomic E-state index is 10.6. The molecule has 2 N–H and O–H groups in total. The Hall–Kier alpha value is -1.43. The number of aliphatic imine (C=N–C) groups is 1. The van der Waals surface area contributed by atoms with Crippen molar-refractivity contribution in [3.8, 4) is 0 Å². The number of hydrogen-bond donors (Lipinski definition) is 1. The summed E-state index contributed by atoms with van der Waals surface area (Å²) in [7, 11) is 0. The van der Waals surface area contributed by atoms with Crippen molar-refractivity contribution in [1.29, 1.82) is 0 Å². The van der Waals surface area contributed by atoms with Crippen LogP contribution < -0.4 is 5.73 Å². The van der Waals surface area contributed by atoms with Gasteiger partial charge >= 0.3 is 5.70 Å². The molecule has 0 atom stereocenters. The third kappa shape index (κ3) is 3.32. The first-order chi connectivity index (χ1) is 7.15. The fourth-order valence-electron chi connectivity index (χ4n) is 1.47. The van der Waals surface area contributed by atoms with Gasteiger partial charge in [0.15, 0.2) is 0 Å². The van der Waals surface area contributed by atoms with Crippen molar-refractivity contribution in [2.24, 2.45) is 10.7 Å². The molecule has 0 bridgehead atoms. The predicted molar refractivity (Wildman–Crippen MR) is 56.2 cm³/mol. The van der Waals surface area contributed by atoms with E-state index in [4.69, 9.17) is 10.5 Å². The standard InChI is InChI=1S/C9H15N3O3/c1-7(9(6-10)12(13)14)11-8-2-4-15-5-3-8/h6,8H,2-5,10H2,1H3. The van der Waals surface area contributed by atoms with Gasteiger partial charge in [-0.05, 0) is 19.8 Å². The molecule has 0 aromatic carbocycles. The van der Waals surface area contributed by atoms with Crippen LogP contribution in [0.15, 0.2) is 16.9 Å². The van der Waals surface area contributed by atoms with Crippen molar-refractivity contribution < 1.29 is 9.66 Å². The number of rotatable bonds is 3. The number of allylic oxidation sites excluding steroid dienone is 1. The van der Waals surface area contributed by atoms with E-state index in [0.717, 1.165) is 19.0 Å². The zero-order valence-corrected chi connectivity index (χ0v) is 8.68. The van der Waals surface area contributed by atoms with Gasteiger partial charge in [0.2, 0.25) is 0 Å². The van der Waals surface area contributed by atoms with E-state index in [0.29, 0.717) is 18.9 Å². The summed E-state index contributed by atoms with van der Waals surface area (Å²) in [6.07, 6.45) is 2.61. The molecule has 0 saturated carbocycles. The normalized spacial score (nSPS) is 20.3. The van der Waals surface area contributed by atoms with Crippen LogP contribution in [0.1, 0.15) is 19.8 Å². The Labute approximate surface area is 88.0 Å². The first-order valence-electron chi connectivity index (χ1n) is 4.84. The molecule has 0 aromatic rings. The van der Waals surface area contributed by atoms with E-state index >= 15 is 0 Å². The van der Waals surface area contributed by atoms with Crippen molar-refractivity contribution in [2.45, 2.75) is 25.8 Å². The second-order valence-corrected chi connectivity index (χ2v) is 3.37. The maximum absolute atomic E-state index is 10.6. The molecule has 15 heavy (non-hydrogen) atoms. The number of hydrogen-bond acceptors (Lipinski definition) is 5. The Morgan fingerprint density at radius 3 is 2.67 bits per heavy atom. The lowest BCUT2D eigenvalue weighted by molar-refractivity contribution is -0.415. The van der Waals surface area contributed by atoms with Crippen LogP contribution in [0.4, 0.5) is 0 Å². The van der Waals surface area contributed by atoms with Crippen molar-refractivity contribution in [3.05, 3.63) is 22.0 Å². The van der Waals surface area contributed by atoms with Gasteiger partial charge in [0.05, 0.1) is 17.2 Å². The Kier molecular flexibility index (Phi) is 4.23. The van der Waals surface area contributed by atoms with Crippen LogP contribution in [0.2, 0.25) is 0 Å². The van der Waals surface area contributed by atoms with Crippen LogP contribution >= 0.6 is 0 Å². The van der Waals surface area contributed by atoms with Gasteiger partial charge in [-0.3, -0.25) is 15.1 Å². The molecule has 1 rings (SSSR count). The van der Waals surface area contributed by atoms with E-state index in [2.05, 4.69) is 4.99 Å². The smallest absolute Gasteiger partial charge is 0.305 e. The summed E-state index contributed by atoms with van der Waals surface area (Å²) in [4.78, 5) is 14.3. The van der Waals surface area contributed by atoms with Crippen molar-refractivity contribution in [1.82, 2.24) is 0 Å². The van der Waals surface area contributed by atoms with Crippen molar-refractivity contribution >= 4 is 5.71 Å². The van der Waals surface area contributed by atoms with Gasteiger partial charge < -0.3 is 10.5 Å². The van der Waals surface area contributed by atoms with Crippen LogP contribution in [0.3, 0.4) is 0 Å². The molecule has 0 unspecified atom stereocenters. The van der Waals surface area contributed by atoms with Gasteiger partial charge in [-0.2, -0.15) is 0 Å². The molecule has 84 valence electrons. The summed E-state index contributed by atoms with van der Waals surface area (Å²) in [6, 6.07) is 0.119. The zero-order chi connectivity index (χ0) is 11.3. The lowest BCUT2D eigenvalue weighted by atomic mass is 10.1. The summed E-state index contributed by atoms with van der Waals surface area (Å²) < 4.78 is 5.17. The molecule has 1 aliphatic heterocycles. The number of ether oxygens (including phenoxy) is 1. The summed E-state index contributed by atoms with van der Waals surface area (Å²) in [5, 5.41) is 10.6. The van der Waals surface area contributed by atoms with E-state index in [1.807, 2.05) is 0 Å². The van der Waals surface area contributed by atoms with E-state index in [1.54, 1.807) is 6.92 Å².